The van der Waals surface area contributed by atoms with Crippen LogP contribution in [-0.2, 0) is 0 Å². The largest absolute Gasteiger partial charge is 0.486 e. The van der Waals surface area contributed by atoms with E-state index in [0.717, 1.165) is 10.9 Å². The molecule has 1 atom stereocenters. The summed E-state index contributed by atoms with van der Waals surface area (Å²) in [6.07, 6.45) is 0. The number of nitro groups is 1. The number of para-hydroxylation sites is 2. The second-order valence-corrected chi connectivity index (χ2v) is 4.95. The van der Waals surface area contributed by atoms with Gasteiger partial charge in [0.05, 0.1) is 11.5 Å². The quantitative estimate of drug-likeness (QED) is 0.452. The molecule has 4 nitrogen and oxygen atoms in total. The maximum Gasteiger partial charge on any atom is 0.310 e. The Kier molecular flexibility index (Phi) is 5.12. The highest BCUT2D eigenvalue weighted by atomic mass is 79.9. The van der Waals surface area contributed by atoms with E-state index in [9.17, 15) is 10.1 Å². The minimum Gasteiger partial charge on any atom is -0.486 e. The number of ether oxygens (including phenoxy) is 1. The Morgan fingerprint density at radius 1 is 1.10 bits per heavy atom. The van der Waals surface area contributed by atoms with Crippen molar-refractivity contribution in [2.45, 2.75) is 5.92 Å². The zero-order valence-electron chi connectivity index (χ0n) is 10.7. The summed E-state index contributed by atoms with van der Waals surface area (Å²) in [6, 6.07) is 16.4. The monoisotopic (exact) mass is 335 g/mol. The van der Waals surface area contributed by atoms with Crippen LogP contribution in [0.5, 0.6) is 5.75 Å². The van der Waals surface area contributed by atoms with E-state index in [2.05, 4.69) is 15.9 Å². The van der Waals surface area contributed by atoms with Crippen LogP contribution in [-0.4, -0.2) is 16.9 Å². The summed E-state index contributed by atoms with van der Waals surface area (Å²) in [5.41, 5.74) is 1.14. The van der Waals surface area contributed by atoms with Gasteiger partial charge in [0.25, 0.3) is 0 Å². The minimum atomic E-state index is -0.430. The van der Waals surface area contributed by atoms with Crippen LogP contribution in [0.1, 0.15) is 11.5 Å². The molecule has 1 unspecified atom stereocenters. The molecule has 104 valence electrons. The molecule has 0 radical (unpaired) electrons. The molecule has 2 rings (SSSR count). The van der Waals surface area contributed by atoms with Crippen molar-refractivity contribution in [2.24, 2.45) is 0 Å². The second-order valence-electron chi connectivity index (χ2n) is 4.30. The molecule has 2 aromatic rings. The van der Waals surface area contributed by atoms with Crippen LogP contribution in [0, 0.1) is 10.1 Å². The molecule has 0 bridgehead atoms. The van der Waals surface area contributed by atoms with Crippen LogP contribution in [0.15, 0.2) is 54.6 Å². The lowest BCUT2D eigenvalue weighted by Crippen LogP contribution is -2.12. The first-order valence-corrected chi connectivity index (χ1v) is 7.31. The van der Waals surface area contributed by atoms with Crippen molar-refractivity contribution in [3.63, 3.8) is 0 Å². The third-order valence-electron chi connectivity index (χ3n) is 2.96. The van der Waals surface area contributed by atoms with Gasteiger partial charge in [0.15, 0.2) is 5.75 Å². The van der Waals surface area contributed by atoms with Gasteiger partial charge in [-0.25, -0.2) is 0 Å². The molecule has 5 heteroatoms. The molecule has 0 saturated carbocycles. The van der Waals surface area contributed by atoms with Gasteiger partial charge in [-0.2, -0.15) is 0 Å². The van der Waals surface area contributed by atoms with Gasteiger partial charge in [0.1, 0.15) is 0 Å². The predicted molar refractivity (Wildman–Crippen MR) is 81.6 cm³/mol. The number of halogens is 1. The first kappa shape index (κ1) is 14.5. The van der Waals surface area contributed by atoms with E-state index in [1.54, 1.807) is 18.2 Å². The minimum absolute atomic E-state index is 0.00566. The van der Waals surface area contributed by atoms with E-state index in [0.29, 0.717) is 12.4 Å². The van der Waals surface area contributed by atoms with Crippen molar-refractivity contribution in [3.8, 4) is 5.75 Å². The van der Waals surface area contributed by atoms with Gasteiger partial charge in [-0.3, -0.25) is 10.1 Å². The molecule has 2 aromatic carbocycles. The fourth-order valence-electron chi connectivity index (χ4n) is 1.88. The van der Waals surface area contributed by atoms with E-state index < -0.39 is 4.92 Å². The lowest BCUT2D eigenvalue weighted by Gasteiger charge is -2.15. The van der Waals surface area contributed by atoms with Crippen LogP contribution in [0.4, 0.5) is 5.69 Å². The van der Waals surface area contributed by atoms with Crippen molar-refractivity contribution in [2.75, 3.05) is 11.9 Å². The topological polar surface area (TPSA) is 52.4 Å². The van der Waals surface area contributed by atoms with Gasteiger partial charge in [0.2, 0.25) is 0 Å². The summed E-state index contributed by atoms with van der Waals surface area (Å²) in [7, 11) is 0. The lowest BCUT2D eigenvalue weighted by atomic mass is 10.0. The molecule has 0 N–H and O–H groups in total. The zero-order valence-corrected chi connectivity index (χ0v) is 12.3. The molecule has 0 spiro atoms. The highest BCUT2D eigenvalue weighted by Crippen LogP contribution is 2.28. The van der Waals surface area contributed by atoms with Crippen molar-refractivity contribution >= 4 is 21.6 Å². The summed E-state index contributed by atoms with van der Waals surface area (Å²) in [4.78, 5) is 10.5. The Balaban J connectivity index is 2.10. The average molecular weight is 336 g/mol. The van der Waals surface area contributed by atoms with E-state index in [1.807, 2.05) is 30.3 Å². The molecule has 0 aromatic heterocycles. The lowest BCUT2D eigenvalue weighted by molar-refractivity contribution is -0.385. The molecule has 0 fully saturated rings. The highest BCUT2D eigenvalue weighted by molar-refractivity contribution is 9.09. The molecular weight excluding hydrogens is 322 g/mol. The van der Waals surface area contributed by atoms with Crippen molar-refractivity contribution in [1.29, 1.82) is 0 Å². The van der Waals surface area contributed by atoms with Gasteiger partial charge in [-0.05, 0) is 11.6 Å². The number of hydrogen-bond donors (Lipinski definition) is 0. The zero-order chi connectivity index (χ0) is 14.4. The molecule has 0 aliphatic carbocycles. The molecule has 20 heavy (non-hydrogen) atoms. The van der Waals surface area contributed by atoms with Gasteiger partial charge < -0.3 is 4.74 Å². The van der Waals surface area contributed by atoms with Gasteiger partial charge in [-0.1, -0.05) is 58.4 Å². The Morgan fingerprint density at radius 3 is 2.40 bits per heavy atom. The summed E-state index contributed by atoms with van der Waals surface area (Å²) in [6.45, 7) is 0.389. The first-order valence-electron chi connectivity index (χ1n) is 6.19. The number of nitro benzene ring substituents is 1. The average Bonchev–Trinajstić information content (AvgIpc) is 2.49. The number of benzene rings is 2. The molecule has 0 aliphatic rings. The van der Waals surface area contributed by atoms with Crippen LogP contribution in [0.25, 0.3) is 0 Å². The number of alkyl halides is 1. The van der Waals surface area contributed by atoms with Crippen LogP contribution >= 0.6 is 15.9 Å². The third-order valence-corrected chi connectivity index (χ3v) is 3.74. The van der Waals surface area contributed by atoms with Crippen LogP contribution < -0.4 is 4.74 Å². The third kappa shape index (κ3) is 3.57. The smallest absolute Gasteiger partial charge is 0.310 e. The normalized spacial score (nSPS) is 11.8. The number of hydrogen-bond acceptors (Lipinski definition) is 3. The Morgan fingerprint density at radius 2 is 1.75 bits per heavy atom. The molecule has 0 heterocycles. The van der Waals surface area contributed by atoms with E-state index in [4.69, 9.17) is 4.74 Å². The molecular formula is C15H14BrNO3. The number of rotatable bonds is 6. The van der Waals surface area contributed by atoms with Crippen LogP contribution in [0.2, 0.25) is 0 Å². The predicted octanol–water partition coefficient (Wildman–Crippen LogP) is 4.15. The summed E-state index contributed by atoms with van der Waals surface area (Å²) in [5, 5.41) is 11.7. The maximum absolute atomic E-state index is 10.9. The van der Waals surface area contributed by atoms with Gasteiger partial charge in [-0.15, -0.1) is 0 Å². The fourth-order valence-corrected chi connectivity index (χ4v) is 2.44. The van der Waals surface area contributed by atoms with Gasteiger partial charge in [0, 0.05) is 17.3 Å². The summed E-state index contributed by atoms with van der Waals surface area (Å²) in [5.74, 6) is 0.454. The Labute approximate surface area is 125 Å². The Bertz CT molecular complexity index is 574. The van der Waals surface area contributed by atoms with Crippen LogP contribution in [0.3, 0.4) is 0 Å². The SMILES string of the molecule is O=[N+]([O-])c1ccccc1OCC(CBr)c1ccccc1. The molecule has 0 amide bonds. The van der Waals surface area contributed by atoms with Gasteiger partial charge >= 0.3 is 5.69 Å². The van der Waals surface area contributed by atoms with Crippen molar-refractivity contribution < 1.29 is 9.66 Å². The number of nitrogens with zero attached hydrogens (tertiary/aromatic N) is 1. The van der Waals surface area contributed by atoms with E-state index in [1.165, 1.54) is 6.07 Å². The van der Waals surface area contributed by atoms with Crippen molar-refractivity contribution in [3.05, 3.63) is 70.3 Å². The van der Waals surface area contributed by atoms with E-state index >= 15 is 0 Å². The fraction of sp³-hybridized carbons (Fsp3) is 0.200. The summed E-state index contributed by atoms with van der Waals surface area (Å²) < 4.78 is 5.63. The maximum atomic E-state index is 10.9. The summed E-state index contributed by atoms with van der Waals surface area (Å²) >= 11 is 3.46. The standard InChI is InChI=1S/C15H14BrNO3/c16-10-13(12-6-2-1-3-7-12)11-20-15-9-5-4-8-14(15)17(18)19/h1-9,13H,10-11H2. The molecule has 0 aliphatic heterocycles. The van der Waals surface area contributed by atoms with E-state index in [-0.39, 0.29) is 11.6 Å². The molecule has 0 saturated heterocycles. The highest BCUT2D eigenvalue weighted by Gasteiger charge is 2.16. The first-order chi connectivity index (χ1) is 9.72. The Hall–Kier alpha value is -1.88. The second kappa shape index (κ2) is 7.05. The van der Waals surface area contributed by atoms with Crippen molar-refractivity contribution in [1.82, 2.24) is 0 Å².